The summed E-state index contributed by atoms with van der Waals surface area (Å²) in [7, 11) is 0. The van der Waals surface area contributed by atoms with E-state index in [1.807, 2.05) is 0 Å². The molecule has 116 valence electrons. The molecule has 1 N–H and O–H groups in total. The summed E-state index contributed by atoms with van der Waals surface area (Å²) in [4.78, 5) is 12.2. The monoisotopic (exact) mass is 369 g/mol. The van der Waals surface area contributed by atoms with Gasteiger partial charge in [0, 0.05) is 4.47 Å². The number of para-hydroxylation sites is 1. The molecule has 0 aromatic heterocycles. The normalized spacial score (nSPS) is 11.8. The number of ether oxygens (including phenoxy) is 1. The summed E-state index contributed by atoms with van der Waals surface area (Å²) in [5.41, 5.74) is 0.0452. The fourth-order valence-electron chi connectivity index (χ4n) is 1.82. The van der Waals surface area contributed by atoms with Gasteiger partial charge in [0.15, 0.2) is 17.7 Å². The Morgan fingerprint density at radius 1 is 1.23 bits per heavy atom. The van der Waals surface area contributed by atoms with Crippen molar-refractivity contribution in [2.75, 3.05) is 5.32 Å². The van der Waals surface area contributed by atoms with Crippen LogP contribution in [0.25, 0.3) is 0 Å². The lowest BCUT2D eigenvalue weighted by atomic mass is 10.2. The molecule has 2 aromatic rings. The summed E-state index contributed by atoms with van der Waals surface area (Å²) < 4.78 is 33.2. The number of hydrogen-bond acceptors (Lipinski definition) is 2. The third-order valence-electron chi connectivity index (χ3n) is 2.96. The molecule has 6 heteroatoms. The van der Waals surface area contributed by atoms with E-state index in [-0.39, 0.29) is 11.4 Å². The highest BCUT2D eigenvalue weighted by molar-refractivity contribution is 9.10. The number of nitrogens with one attached hydrogen (secondary N) is 1. The molecule has 3 nitrogen and oxygen atoms in total. The van der Waals surface area contributed by atoms with Crippen LogP contribution in [0.1, 0.15) is 13.3 Å². The third kappa shape index (κ3) is 4.04. The summed E-state index contributed by atoms with van der Waals surface area (Å²) in [6, 6.07) is 10.1. The number of rotatable bonds is 5. The quantitative estimate of drug-likeness (QED) is 0.840. The number of benzene rings is 2. The number of amides is 1. The van der Waals surface area contributed by atoms with Crippen LogP contribution >= 0.6 is 15.9 Å². The second kappa shape index (κ2) is 7.35. The van der Waals surface area contributed by atoms with Crippen molar-refractivity contribution in [3.05, 3.63) is 58.6 Å². The zero-order valence-electron chi connectivity index (χ0n) is 11.8. The van der Waals surface area contributed by atoms with Gasteiger partial charge in [0.05, 0.1) is 5.69 Å². The smallest absolute Gasteiger partial charge is 0.265 e. The lowest BCUT2D eigenvalue weighted by Crippen LogP contribution is -2.32. The van der Waals surface area contributed by atoms with Crippen molar-refractivity contribution >= 4 is 27.5 Å². The second-order valence-electron chi connectivity index (χ2n) is 4.56. The largest absolute Gasteiger partial charge is 0.478 e. The van der Waals surface area contributed by atoms with E-state index in [0.717, 1.165) is 0 Å². The fourth-order valence-corrected chi connectivity index (χ4v) is 2.15. The Hall–Kier alpha value is -1.95. The first kappa shape index (κ1) is 16.4. The van der Waals surface area contributed by atoms with Crippen LogP contribution in [-0.4, -0.2) is 12.0 Å². The van der Waals surface area contributed by atoms with Crippen LogP contribution in [0.2, 0.25) is 0 Å². The predicted molar refractivity (Wildman–Crippen MR) is 83.8 cm³/mol. The van der Waals surface area contributed by atoms with E-state index < -0.39 is 23.6 Å². The molecule has 0 saturated heterocycles. The minimum atomic E-state index is -0.917. The van der Waals surface area contributed by atoms with Crippen LogP contribution in [0.15, 0.2) is 46.9 Å². The average Bonchev–Trinajstić information content (AvgIpc) is 2.49. The van der Waals surface area contributed by atoms with Crippen LogP contribution in [0.3, 0.4) is 0 Å². The summed E-state index contributed by atoms with van der Waals surface area (Å²) in [6.07, 6.45) is -0.599. The van der Waals surface area contributed by atoms with E-state index in [0.29, 0.717) is 10.9 Å². The molecule has 0 unspecified atom stereocenters. The van der Waals surface area contributed by atoms with Crippen LogP contribution < -0.4 is 10.1 Å². The minimum Gasteiger partial charge on any atom is -0.478 e. The van der Waals surface area contributed by atoms with E-state index in [1.54, 1.807) is 19.1 Å². The van der Waals surface area contributed by atoms with Gasteiger partial charge in [-0.05, 0) is 36.8 Å². The van der Waals surface area contributed by atoms with Gasteiger partial charge in [-0.2, -0.15) is 0 Å². The maximum absolute atomic E-state index is 13.7. The number of carbonyl (C=O) groups excluding carboxylic acids is 1. The molecule has 0 aliphatic carbocycles. The first-order valence-corrected chi connectivity index (χ1v) is 7.47. The summed E-state index contributed by atoms with van der Waals surface area (Å²) in [6.45, 7) is 1.73. The maximum atomic E-state index is 13.7. The molecule has 0 heterocycles. The van der Waals surface area contributed by atoms with Crippen LogP contribution in [-0.2, 0) is 4.79 Å². The van der Waals surface area contributed by atoms with Gasteiger partial charge in [-0.3, -0.25) is 4.79 Å². The Kier molecular flexibility index (Phi) is 5.49. The first-order valence-electron chi connectivity index (χ1n) is 6.68. The fraction of sp³-hybridized carbons (Fsp3) is 0.188. The van der Waals surface area contributed by atoms with E-state index in [2.05, 4.69) is 21.2 Å². The Bertz CT molecular complexity index is 679. The zero-order valence-corrected chi connectivity index (χ0v) is 13.4. The van der Waals surface area contributed by atoms with Crippen molar-refractivity contribution in [2.24, 2.45) is 0 Å². The maximum Gasteiger partial charge on any atom is 0.265 e. The van der Waals surface area contributed by atoms with Gasteiger partial charge in [0.25, 0.3) is 5.91 Å². The number of anilines is 1. The summed E-state index contributed by atoms with van der Waals surface area (Å²) in [5.74, 6) is -1.67. The van der Waals surface area contributed by atoms with Crippen molar-refractivity contribution < 1.29 is 18.3 Å². The number of halogens is 3. The third-order valence-corrected chi connectivity index (χ3v) is 3.45. The topological polar surface area (TPSA) is 38.3 Å². The highest BCUT2D eigenvalue weighted by Gasteiger charge is 2.21. The van der Waals surface area contributed by atoms with Crippen LogP contribution in [0, 0.1) is 11.6 Å². The van der Waals surface area contributed by atoms with Crippen molar-refractivity contribution in [3.8, 4) is 5.75 Å². The van der Waals surface area contributed by atoms with Crippen molar-refractivity contribution in [2.45, 2.75) is 19.4 Å². The molecule has 2 aromatic carbocycles. The van der Waals surface area contributed by atoms with Gasteiger partial charge in [0.2, 0.25) is 0 Å². The molecule has 0 fully saturated rings. The lowest BCUT2D eigenvalue weighted by molar-refractivity contribution is -0.122. The van der Waals surface area contributed by atoms with Crippen molar-refractivity contribution in [1.29, 1.82) is 0 Å². The lowest BCUT2D eigenvalue weighted by Gasteiger charge is -2.18. The van der Waals surface area contributed by atoms with Gasteiger partial charge in [0.1, 0.15) is 5.82 Å². The molecule has 1 atom stereocenters. The number of carbonyl (C=O) groups is 1. The molecule has 0 saturated carbocycles. The summed E-state index contributed by atoms with van der Waals surface area (Å²) >= 11 is 3.14. The van der Waals surface area contributed by atoms with Crippen LogP contribution in [0.5, 0.6) is 5.75 Å². The van der Waals surface area contributed by atoms with Gasteiger partial charge >= 0.3 is 0 Å². The minimum absolute atomic E-state index is 0.0132. The highest BCUT2D eigenvalue weighted by Crippen LogP contribution is 2.21. The second-order valence-corrected chi connectivity index (χ2v) is 5.47. The van der Waals surface area contributed by atoms with Crippen molar-refractivity contribution in [1.82, 2.24) is 0 Å². The van der Waals surface area contributed by atoms with E-state index in [9.17, 15) is 13.6 Å². The Morgan fingerprint density at radius 3 is 2.59 bits per heavy atom. The van der Waals surface area contributed by atoms with Gasteiger partial charge < -0.3 is 10.1 Å². The van der Waals surface area contributed by atoms with Gasteiger partial charge in [-0.25, -0.2) is 8.78 Å². The van der Waals surface area contributed by atoms with Crippen molar-refractivity contribution in [3.63, 3.8) is 0 Å². The molecular weight excluding hydrogens is 356 g/mol. The summed E-state index contributed by atoms with van der Waals surface area (Å²) in [5, 5.41) is 2.45. The molecule has 22 heavy (non-hydrogen) atoms. The molecule has 0 bridgehead atoms. The molecule has 0 radical (unpaired) electrons. The average molecular weight is 370 g/mol. The van der Waals surface area contributed by atoms with Gasteiger partial charge in [-0.15, -0.1) is 0 Å². The Balaban J connectivity index is 2.10. The SMILES string of the molecule is CC[C@H](Oc1ccccc1F)C(=O)Nc1ccc(Br)cc1F. The zero-order chi connectivity index (χ0) is 16.1. The highest BCUT2D eigenvalue weighted by atomic mass is 79.9. The number of hydrogen-bond donors (Lipinski definition) is 1. The van der Waals surface area contributed by atoms with E-state index in [4.69, 9.17) is 4.74 Å². The standard InChI is InChI=1S/C16H14BrF2NO2/c1-2-14(22-15-6-4-3-5-11(15)18)16(21)20-13-8-7-10(17)9-12(13)19/h3-9,14H,2H2,1H3,(H,20,21)/t14-/m0/s1. The van der Waals surface area contributed by atoms with Gasteiger partial charge in [-0.1, -0.05) is 35.0 Å². The molecule has 0 spiro atoms. The molecule has 2 rings (SSSR count). The Labute approximate surface area is 135 Å². The van der Waals surface area contributed by atoms with E-state index in [1.165, 1.54) is 30.3 Å². The molecular formula is C16H14BrF2NO2. The predicted octanol–water partition coefficient (Wildman–Crippen LogP) is 4.52. The molecule has 1 amide bonds. The molecule has 0 aliphatic heterocycles. The van der Waals surface area contributed by atoms with Crippen LogP contribution in [0.4, 0.5) is 14.5 Å². The Morgan fingerprint density at radius 2 is 1.95 bits per heavy atom. The first-order chi connectivity index (χ1) is 10.5. The van der Waals surface area contributed by atoms with E-state index >= 15 is 0 Å². The molecule has 0 aliphatic rings.